The third-order valence-electron chi connectivity index (χ3n) is 2.95. The minimum Gasteiger partial charge on any atom is -0.449 e. The molecule has 0 aliphatic heterocycles. The summed E-state index contributed by atoms with van der Waals surface area (Å²) < 4.78 is 4.56. The van der Waals surface area contributed by atoms with E-state index >= 15 is 0 Å². The second-order valence-electron chi connectivity index (χ2n) is 4.53. The average Bonchev–Trinajstić information content (AvgIpc) is 2.35. The van der Waals surface area contributed by atoms with Crippen molar-refractivity contribution in [3.8, 4) is 5.75 Å². The van der Waals surface area contributed by atoms with E-state index in [1.54, 1.807) is 12.1 Å². The SMILES string of the molecule is CCCCCCCCc1ccc(OC(=O)O)cc1. The molecule has 18 heavy (non-hydrogen) atoms. The normalized spacial score (nSPS) is 10.3. The summed E-state index contributed by atoms with van der Waals surface area (Å²) in [6, 6.07) is 7.29. The lowest BCUT2D eigenvalue weighted by molar-refractivity contribution is 0.144. The number of hydrogen-bond donors (Lipinski definition) is 1. The summed E-state index contributed by atoms with van der Waals surface area (Å²) >= 11 is 0. The van der Waals surface area contributed by atoms with Gasteiger partial charge < -0.3 is 9.84 Å². The van der Waals surface area contributed by atoms with Crippen LogP contribution in [0.2, 0.25) is 0 Å². The number of hydrogen-bond acceptors (Lipinski definition) is 2. The van der Waals surface area contributed by atoms with Gasteiger partial charge in [-0.05, 0) is 30.5 Å². The lowest BCUT2D eigenvalue weighted by atomic mass is 10.1. The van der Waals surface area contributed by atoms with Crippen LogP contribution in [0.5, 0.6) is 5.75 Å². The highest BCUT2D eigenvalue weighted by Gasteiger charge is 2.00. The number of carboxylic acid groups (broad SMARTS) is 1. The Morgan fingerprint density at radius 3 is 2.28 bits per heavy atom. The summed E-state index contributed by atoms with van der Waals surface area (Å²) in [7, 11) is 0. The first-order valence-electron chi connectivity index (χ1n) is 6.72. The van der Waals surface area contributed by atoms with Gasteiger partial charge in [0, 0.05) is 0 Å². The fourth-order valence-corrected chi connectivity index (χ4v) is 1.93. The van der Waals surface area contributed by atoms with Crippen molar-refractivity contribution >= 4 is 6.16 Å². The highest BCUT2D eigenvalue weighted by Crippen LogP contribution is 2.15. The van der Waals surface area contributed by atoms with Gasteiger partial charge in [0.1, 0.15) is 5.75 Å². The molecule has 0 aliphatic carbocycles. The van der Waals surface area contributed by atoms with E-state index < -0.39 is 6.16 Å². The van der Waals surface area contributed by atoms with Gasteiger partial charge in [0.25, 0.3) is 0 Å². The molecule has 3 nitrogen and oxygen atoms in total. The van der Waals surface area contributed by atoms with Crippen LogP contribution in [0.3, 0.4) is 0 Å². The molecule has 0 fully saturated rings. The van der Waals surface area contributed by atoms with Crippen LogP contribution in [0.15, 0.2) is 24.3 Å². The maximum atomic E-state index is 10.3. The Kier molecular flexibility index (Phi) is 6.92. The molecule has 0 aromatic heterocycles. The minimum absolute atomic E-state index is 0.384. The van der Waals surface area contributed by atoms with Gasteiger partial charge in [-0.3, -0.25) is 0 Å². The quantitative estimate of drug-likeness (QED) is 0.415. The third-order valence-corrected chi connectivity index (χ3v) is 2.95. The fraction of sp³-hybridized carbons (Fsp3) is 0.533. The zero-order valence-corrected chi connectivity index (χ0v) is 11.0. The first-order valence-corrected chi connectivity index (χ1v) is 6.72. The zero-order chi connectivity index (χ0) is 13.2. The molecule has 0 bridgehead atoms. The van der Waals surface area contributed by atoms with Crippen molar-refractivity contribution in [3.63, 3.8) is 0 Å². The molecule has 0 atom stereocenters. The van der Waals surface area contributed by atoms with Gasteiger partial charge in [-0.15, -0.1) is 0 Å². The third kappa shape index (κ3) is 6.28. The van der Waals surface area contributed by atoms with E-state index in [1.165, 1.54) is 44.1 Å². The summed E-state index contributed by atoms with van der Waals surface area (Å²) in [5, 5.41) is 8.46. The van der Waals surface area contributed by atoms with Crippen LogP contribution >= 0.6 is 0 Å². The smallest absolute Gasteiger partial charge is 0.449 e. The van der Waals surface area contributed by atoms with Crippen molar-refractivity contribution < 1.29 is 14.6 Å². The molecular formula is C15H22O3. The summed E-state index contributed by atoms with van der Waals surface area (Å²) in [6.07, 6.45) is 7.52. The summed E-state index contributed by atoms with van der Waals surface area (Å²) in [5.41, 5.74) is 1.24. The van der Waals surface area contributed by atoms with Gasteiger partial charge >= 0.3 is 6.16 Å². The van der Waals surface area contributed by atoms with Gasteiger partial charge in [0.05, 0.1) is 0 Å². The Morgan fingerprint density at radius 1 is 1.06 bits per heavy atom. The Morgan fingerprint density at radius 2 is 1.67 bits per heavy atom. The van der Waals surface area contributed by atoms with Crippen LogP contribution in [0, 0.1) is 0 Å². The topological polar surface area (TPSA) is 46.5 Å². The first kappa shape index (κ1) is 14.6. The van der Waals surface area contributed by atoms with E-state index in [2.05, 4.69) is 11.7 Å². The maximum Gasteiger partial charge on any atom is 0.511 e. The highest BCUT2D eigenvalue weighted by molar-refractivity contribution is 5.61. The molecule has 3 heteroatoms. The van der Waals surface area contributed by atoms with Gasteiger partial charge in [0.15, 0.2) is 0 Å². The minimum atomic E-state index is -1.27. The van der Waals surface area contributed by atoms with E-state index in [9.17, 15) is 4.79 Å². The summed E-state index contributed by atoms with van der Waals surface area (Å²) in [4.78, 5) is 10.3. The van der Waals surface area contributed by atoms with E-state index in [1.807, 2.05) is 12.1 Å². The van der Waals surface area contributed by atoms with E-state index in [4.69, 9.17) is 5.11 Å². The molecule has 0 aliphatic rings. The number of aryl methyl sites for hydroxylation is 1. The molecule has 0 radical (unpaired) electrons. The number of rotatable bonds is 8. The fourth-order valence-electron chi connectivity index (χ4n) is 1.93. The number of carbonyl (C=O) groups is 1. The lowest BCUT2D eigenvalue weighted by Gasteiger charge is -2.03. The second-order valence-corrected chi connectivity index (χ2v) is 4.53. The Labute approximate surface area is 109 Å². The molecule has 0 saturated carbocycles. The molecule has 0 spiro atoms. The molecule has 1 aromatic rings. The van der Waals surface area contributed by atoms with Crippen LogP contribution in [0.25, 0.3) is 0 Å². The van der Waals surface area contributed by atoms with Gasteiger partial charge in [0.2, 0.25) is 0 Å². The van der Waals surface area contributed by atoms with Crippen LogP contribution in [-0.4, -0.2) is 11.3 Å². The van der Waals surface area contributed by atoms with E-state index in [-0.39, 0.29) is 0 Å². The van der Waals surface area contributed by atoms with Crippen molar-refractivity contribution in [2.75, 3.05) is 0 Å². The molecule has 1 aromatic carbocycles. The first-order chi connectivity index (χ1) is 8.72. The molecule has 1 rings (SSSR count). The maximum absolute atomic E-state index is 10.3. The molecule has 0 unspecified atom stereocenters. The van der Waals surface area contributed by atoms with Crippen molar-refractivity contribution in [3.05, 3.63) is 29.8 Å². The standard InChI is InChI=1S/C15H22O3/c1-2-3-4-5-6-7-8-13-9-11-14(12-10-13)18-15(16)17/h9-12H,2-8H2,1H3,(H,16,17). The predicted molar refractivity (Wildman–Crippen MR) is 72.2 cm³/mol. The van der Waals surface area contributed by atoms with Crippen molar-refractivity contribution in [2.45, 2.75) is 51.9 Å². The van der Waals surface area contributed by atoms with E-state index in [0.29, 0.717) is 5.75 Å². The Bertz CT molecular complexity index is 343. The molecule has 1 N–H and O–H groups in total. The van der Waals surface area contributed by atoms with Gasteiger partial charge in [-0.25, -0.2) is 4.79 Å². The van der Waals surface area contributed by atoms with Gasteiger partial charge in [-0.1, -0.05) is 51.2 Å². The predicted octanol–water partition coefficient (Wildman–Crippen LogP) is 4.65. The molecule has 0 heterocycles. The molecule has 100 valence electrons. The van der Waals surface area contributed by atoms with E-state index in [0.717, 1.165) is 6.42 Å². The van der Waals surface area contributed by atoms with Crippen LogP contribution < -0.4 is 4.74 Å². The van der Waals surface area contributed by atoms with Crippen molar-refractivity contribution in [1.82, 2.24) is 0 Å². The van der Waals surface area contributed by atoms with Crippen LogP contribution in [0.1, 0.15) is 51.0 Å². The number of ether oxygens (including phenoxy) is 1. The lowest BCUT2D eigenvalue weighted by Crippen LogP contribution is -2.02. The monoisotopic (exact) mass is 250 g/mol. The second kappa shape index (κ2) is 8.56. The molecule has 0 amide bonds. The molecular weight excluding hydrogens is 228 g/mol. The highest BCUT2D eigenvalue weighted by atomic mass is 16.7. The van der Waals surface area contributed by atoms with Crippen LogP contribution in [-0.2, 0) is 6.42 Å². The van der Waals surface area contributed by atoms with Crippen molar-refractivity contribution in [2.24, 2.45) is 0 Å². The van der Waals surface area contributed by atoms with Crippen LogP contribution in [0.4, 0.5) is 4.79 Å². The van der Waals surface area contributed by atoms with Gasteiger partial charge in [-0.2, -0.15) is 0 Å². The van der Waals surface area contributed by atoms with Crippen molar-refractivity contribution in [1.29, 1.82) is 0 Å². The summed E-state index contributed by atoms with van der Waals surface area (Å²) in [6.45, 7) is 2.22. The largest absolute Gasteiger partial charge is 0.511 e. The number of unbranched alkanes of at least 4 members (excludes halogenated alkanes) is 5. The Balaban J connectivity index is 2.20. The Hall–Kier alpha value is -1.51. The average molecular weight is 250 g/mol. The summed E-state index contributed by atoms with van der Waals surface area (Å²) in [5.74, 6) is 0.384. The molecule has 0 saturated heterocycles. The zero-order valence-electron chi connectivity index (χ0n) is 11.0. The number of benzene rings is 1.